The third-order valence-electron chi connectivity index (χ3n) is 2.76. The van der Waals surface area contributed by atoms with Crippen LogP contribution < -0.4 is 15.6 Å². The zero-order valence-electron chi connectivity index (χ0n) is 10.3. The van der Waals surface area contributed by atoms with Crippen LogP contribution in [0.4, 0.5) is 0 Å². The van der Waals surface area contributed by atoms with E-state index in [1.54, 1.807) is 0 Å². The normalized spacial score (nSPS) is 16.1. The van der Waals surface area contributed by atoms with E-state index in [1.807, 2.05) is 14.1 Å². The predicted molar refractivity (Wildman–Crippen MR) is 66.3 cm³/mol. The molecule has 0 spiro atoms. The Morgan fingerprint density at radius 2 is 2.00 bits per heavy atom. The second kappa shape index (κ2) is 7.36. The maximum absolute atomic E-state index is 3.47. The molecule has 0 aromatic rings. The molecule has 86 valence electrons. The molecule has 0 amide bonds. The van der Waals surface area contributed by atoms with Gasteiger partial charge in [-0.1, -0.05) is 13.3 Å². The maximum Gasteiger partial charge on any atom is 0.131 e. The Labute approximate surface area is 91.3 Å². The Balaban J connectivity index is 4.28. The summed E-state index contributed by atoms with van der Waals surface area (Å²) in [5, 5.41) is 6.59. The van der Waals surface area contributed by atoms with Crippen molar-refractivity contribution in [3.8, 4) is 0 Å². The summed E-state index contributed by atoms with van der Waals surface area (Å²) in [5.41, 5.74) is 0. The van der Waals surface area contributed by atoms with Gasteiger partial charge in [-0.05, 0) is 27.6 Å². The van der Waals surface area contributed by atoms with Crippen LogP contribution in [0.15, 0.2) is 0 Å². The fourth-order valence-corrected chi connectivity index (χ4v) is 2.47. The van der Waals surface area contributed by atoms with Gasteiger partial charge in [0, 0.05) is 13.1 Å². The summed E-state index contributed by atoms with van der Waals surface area (Å²) < 4.78 is 0. The number of rotatable bonds is 8. The first-order chi connectivity index (χ1) is 6.66. The van der Waals surface area contributed by atoms with Gasteiger partial charge < -0.3 is 10.3 Å². The van der Waals surface area contributed by atoms with Crippen LogP contribution in [-0.2, 0) is 0 Å². The van der Waals surface area contributed by atoms with Gasteiger partial charge in [-0.2, -0.15) is 0 Å². The van der Waals surface area contributed by atoms with Crippen molar-refractivity contribution in [3.05, 3.63) is 0 Å². The van der Waals surface area contributed by atoms with Crippen LogP contribution in [0.1, 0.15) is 19.8 Å². The van der Waals surface area contributed by atoms with E-state index in [0.717, 1.165) is 23.5 Å². The van der Waals surface area contributed by atoms with Crippen LogP contribution in [0, 0.1) is 0 Å². The van der Waals surface area contributed by atoms with Crippen LogP contribution in [0.25, 0.3) is 0 Å². The molecule has 0 aromatic carbocycles. The molecule has 0 rings (SSSR count). The zero-order valence-corrected chi connectivity index (χ0v) is 12.3. The van der Waals surface area contributed by atoms with Crippen molar-refractivity contribution >= 4 is 10.4 Å². The van der Waals surface area contributed by atoms with Gasteiger partial charge in [-0.3, -0.25) is 10.2 Å². The molecule has 0 aliphatic carbocycles. The molecular weight excluding hydrogens is 192 g/mol. The van der Waals surface area contributed by atoms with E-state index in [4.69, 9.17) is 0 Å². The molecular formula is C9H26N4Si. The fraction of sp³-hybridized carbons (Fsp3) is 1.00. The van der Waals surface area contributed by atoms with Gasteiger partial charge in [0.05, 0.1) is 10.4 Å². The summed E-state index contributed by atoms with van der Waals surface area (Å²) >= 11 is 0. The molecule has 0 radical (unpaired) electrons. The first-order valence-electron chi connectivity index (χ1n) is 5.40. The highest BCUT2D eigenvalue weighted by Crippen LogP contribution is 2.05. The lowest BCUT2D eigenvalue weighted by molar-refractivity contribution is 0.0767. The molecule has 1 unspecified atom stereocenters. The lowest BCUT2D eigenvalue weighted by atomic mass is 10.2. The topological polar surface area (TPSA) is 39.3 Å². The van der Waals surface area contributed by atoms with Crippen molar-refractivity contribution in [2.24, 2.45) is 0 Å². The summed E-state index contributed by atoms with van der Waals surface area (Å²) in [6, 6.07) is 0. The van der Waals surface area contributed by atoms with Gasteiger partial charge in [0.25, 0.3) is 0 Å². The van der Waals surface area contributed by atoms with E-state index in [1.165, 1.54) is 12.8 Å². The van der Waals surface area contributed by atoms with Crippen LogP contribution in [0.5, 0.6) is 0 Å². The molecule has 0 aromatic heterocycles. The minimum Gasteiger partial charge on any atom is -0.316 e. The maximum atomic E-state index is 3.47. The van der Waals surface area contributed by atoms with Crippen LogP contribution >= 0.6 is 0 Å². The smallest absolute Gasteiger partial charge is 0.131 e. The van der Waals surface area contributed by atoms with Gasteiger partial charge in [-0.25, -0.2) is 0 Å². The van der Waals surface area contributed by atoms with E-state index >= 15 is 0 Å². The Morgan fingerprint density at radius 1 is 1.36 bits per heavy atom. The first kappa shape index (κ1) is 14.1. The summed E-state index contributed by atoms with van der Waals surface area (Å²) in [6.07, 6.45) is 2.48. The number of hydrogen-bond donors (Lipinski definition) is 3. The first-order valence-corrected chi connectivity index (χ1v) is 6.40. The Hall–Kier alpha value is 0.0569. The van der Waals surface area contributed by atoms with Gasteiger partial charge in [-0.15, -0.1) is 0 Å². The molecule has 0 heterocycles. The van der Waals surface area contributed by atoms with E-state index in [0.29, 0.717) is 0 Å². The van der Waals surface area contributed by atoms with Gasteiger partial charge in [0.2, 0.25) is 0 Å². The van der Waals surface area contributed by atoms with Gasteiger partial charge in [0.1, 0.15) is 5.79 Å². The average molecular weight is 218 g/mol. The Morgan fingerprint density at radius 3 is 2.36 bits per heavy atom. The molecule has 0 aliphatic rings. The highest BCUT2D eigenvalue weighted by atomic mass is 28.2. The SMILES string of the molecule is CCCCN(C)C(CNC)(NC)N[SiH3]. The lowest BCUT2D eigenvalue weighted by Crippen LogP contribution is -2.69. The monoisotopic (exact) mass is 218 g/mol. The number of nitrogens with zero attached hydrogens (tertiary/aromatic N) is 1. The summed E-state index contributed by atoms with van der Waals surface area (Å²) in [4.78, 5) is 5.81. The lowest BCUT2D eigenvalue weighted by Gasteiger charge is -2.42. The summed E-state index contributed by atoms with van der Waals surface area (Å²) in [6.45, 7) is 4.25. The molecule has 4 nitrogen and oxygen atoms in total. The molecule has 0 fully saturated rings. The van der Waals surface area contributed by atoms with Crippen LogP contribution in [0.2, 0.25) is 0 Å². The molecule has 0 aliphatic heterocycles. The highest BCUT2D eigenvalue weighted by molar-refractivity contribution is 6.04. The standard InChI is InChI=1S/C9H26N4Si/c1-5-6-7-13(4)9(11-3,12-14)8-10-2/h10-12H,5-8H2,1-4,14H3. The van der Waals surface area contributed by atoms with E-state index in [9.17, 15) is 0 Å². The third kappa shape index (κ3) is 3.66. The van der Waals surface area contributed by atoms with Crippen molar-refractivity contribution in [3.63, 3.8) is 0 Å². The van der Waals surface area contributed by atoms with Crippen molar-refractivity contribution in [2.75, 3.05) is 34.2 Å². The van der Waals surface area contributed by atoms with Crippen molar-refractivity contribution < 1.29 is 0 Å². The quantitative estimate of drug-likeness (QED) is 0.349. The highest BCUT2D eigenvalue weighted by Gasteiger charge is 2.29. The third-order valence-corrected chi connectivity index (χ3v) is 3.59. The van der Waals surface area contributed by atoms with Crippen LogP contribution in [-0.4, -0.2) is 55.3 Å². The molecule has 1 atom stereocenters. The number of likely N-dealkylation sites (N-methyl/N-ethyl adjacent to an activating group) is 3. The van der Waals surface area contributed by atoms with Crippen molar-refractivity contribution in [1.29, 1.82) is 0 Å². The number of hydrogen-bond acceptors (Lipinski definition) is 4. The van der Waals surface area contributed by atoms with E-state index in [-0.39, 0.29) is 5.79 Å². The van der Waals surface area contributed by atoms with Crippen LogP contribution in [0.3, 0.4) is 0 Å². The fourth-order valence-electron chi connectivity index (χ4n) is 1.66. The van der Waals surface area contributed by atoms with E-state index in [2.05, 4.69) is 34.5 Å². The average Bonchev–Trinajstić information content (AvgIpc) is 2.22. The molecule has 0 bridgehead atoms. The Bertz CT molecular complexity index is 139. The Kier molecular flexibility index (Phi) is 7.39. The van der Waals surface area contributed by atoms with Crippen molar-refractivity contribution in [2.45, 2.75) is 25.6 Å². The second-order valence-corrected chi connectivity index (χ2v) is 4.17. The number of nitrogens with one attached hydrogen (secondary N) is 3. The predicted octanol–water partition coefficient (Wildman–Crippen LogP) is -1.32. The molecule has 14 heavy (non-hydrogen) atoms. The summed E-state index contributed by atoms with van der Waals surface area (Å²) in [7, 11) is 7.13. The minimum atomic E-state index is -0.0733. The zero-order chi connectivity index (χ0) is 11.0. The minimum absolute atomic E-state index is 0.0733. The molecule has 0 saturated heterocycles. The van der Waals surface area contributed by atoms with Gasteiger partial charge in [0.15, 0.2) is 0 Å². The van der Waals surface area contributed by atoms with Crippen molar-refractivity contribution in [1.82, 2.24) is 20.5 Å². The largest absolute Gasteiger partial charge is 0.316 e. The van der Waals surface area contributed by atoms with Gasteiger partial charge >= 0.3 is 0 Å². The molecule has 5 heteroatoms. The molecule has 3 N–H and O–H groups in total. The number of unbranched alkanes of at least 4 members (excludes halogenated alkanes) is 1. The summed E-state index contributed by atoms with van der Waals surface area (Å²) in [5.74, 6) is -0.0733. The molecule has 0 saturated carbocycles. The second-order valence-electron chi connectivity index (χ2n) is 3.67. The van der Waals surface area contributed by atoms with E-state index < -0.39 is 0 Å².